The number of phenols is 1. The van der Waals surface area contributed by atoms with Gasteiger partial charge in [-0.1, -0.05) is 66.7 Å². The average molecular weight is 716 g/mol. The number of aromatic amines is 1. The van der Waals surface area contributed by atoms with Crippen molar-refractivity contribution < 1.29 is 24.5 Å². The van der Waals surface area contributed by atoms with Gasteiger partial charge in [-0.2, -0.15) is 0 Å². The van der Waals surface area contributed by atoms with Crippen molar-refractivity contribution in [2.75, 3.05) is 44.6 Å². The average Bonchev–Trinajstić information content (AvgIpc) is 3.32. The van der Waals surface area contributed by atoms with Gasteiger partial charge in [-0.05, 0) is 72.2 Å². The number of rotatable bonds is 11. The molecule has 1 unspecified atom stereocenters. The molecule has 1 saturated heterocycles. The molecule has 7 rings (SSSR count). The van der Waals surface area contributed by atoms with E-state index in [1.807, 2.05) is 71.6 Å². The molecule has 0 spiro atoms. The summed E-state index contributed by atoms with van der Waals surface area (Å²) in [5, 5.41) is 27.9. The van der Waals surface area contributed by atoms with Crippen LogP contribution in [0.15, 0.2) is 102 Å². The standard InChI is InChI=1S/C42H45N5O6/c48-37-16-14-34(35-15-17-39(50)45-40(35)37)38(49)27-43-26-28-12-13-33-30(25-28)9-6-20-47(41(33)51)24-23-46-21-18-31(19-22-46)53-42(52)44-36-11-5-4-10-32(36)29-7-2-1-3-8-29/h1-5,7-8,10-17,25,31,38,43,48-49H,6,9,18-24,26-27H2,(H,44,52)(H,45,50). The van der Waals surface area contributed by atoms with Crippen molar-refractivity contribution in [2.45, 2.75) is 44.4 Å². The quantitative estimate of drug-likeness (QED) is 0.115. The molecule has 0 radical (unpaired) electrons. The number of likely N-dealkylation sites (tertiary alicyclic amines) is 1. The molecular weight excluding hydrogens is 670 g/mol. The largest absolute Gasteiger partial charge is 0.506 e. The van der Waals surface area contributed by atoms with E-state index in [2.05, 4.69) is 26.6 Å². The fraction of sp³-hybridized carbons (Fsp3) is 0.310. The maximum atomic E-state index is 13.6. The van der Waals surface area contributed by atoms with Gasteiger partial charge in [0.05, 0.1) is 17.3 Å². The molecule has 11 nitrogen and oxygen atoms in total. The van der Waals surface area contributed by atoms with Gasteiger partial charge in [0.1, 0.15) is 11.9 Å². The van der Waals surface area contributed by atoms with Crippen LogP contribution in [0.2, 0.25) is 0 Å². The maximum Gasteiger partial charge on any atom is 0.411 e. The number of hydrogen-bond donors (Lipinski definition) is 5. The van der Waals surface area contributed by atoms with Crippen LogP contribution in [0, 0.1) is 0 Å². The number of fused-ring (bicyclic) bond motifs is 2. The van der Waals surface area contributed by atoms with Crippen molar-refractivity contribution in [3.63, 3.8) is 0 Å². The molecule has 5 aromatic rings. The number of aromatic hydroxyl groups is 1. The van der Waals surface area contributed by atoms with E-state index in [0.717, 1.165) is 78.8 Å². The van der Waals surface area contributed by atoms with E-state index in [-0.39, 0.29) is 29.9 Å². The Morgan fingerprint density at radius 3 is 2.51 bits per heavy atom. The van der Waals surface area contributed by atoms with Crippen LogP contribution in [-0.4, -0.2) is 82.4 Å². The predicted octanol–water partition coefficient (Wildman–Crippen LogP) is 5.83. The topological polar surface area (TPSA) is 147 Å². The molecule has 4 aromatic carbocycles. The summed E-state index contributed by atoms with van der Waals surface area (Å²) in [6.45, 7) is 4.47. The van der Waals surface area contributed by atoms with Crippen molar-refractivity contribution in [3.05, 3.63) is 130 Å². The van der Waals surface area contributed by atoms with Crippen LogP contribution >= 0.6 is 0 Å². The Morgan fingerprint density at radius 1 is 0.887 bits per heavy atom. The number of aromatic nitrogens is 1. The first-order valence-electron chi connectivity index (χ1n) is 18.3. The van der Waals surface area contributed by atoms with E-state index < -0.39 is 12.2 Å². The van der Waals surface area contributed by atoms with Crippen molar-refractivity contribution in [3.8, 4) is 16.9 Å². The third kappa shape index (κ3) is 8.60. The van der Waals surface area contributed by atoms with Crippen LogP contribution in [0.1, 0.15) is 52.4 Å². The lowest BCUT2D eigenvalue weighted by Crippen LogP contribution is -2.43. The molecule has 2 aliphatic rings. The van der Waals surface area contributed by atoms with Gasteiger partial charge in [-0.3, -0.25) is 14.9 Å². The highest BCUT2D eigenvalue weighted by atomic mass is 16.6. The lowest BCUT2D eigenvalue weighted by atomic mass is 10.00. The summed E-state index contributed by atoms with van der Waals surface area (Å²) in [7, 11) is 0. The lowest BCUT2D eigenvalue weighted by molar-refractivity contribution is 0.0524. The highest BCUT2D eigenvalue weighted by Gasteiger charge is 2.26. The summed E-state index contributed by atoms with van der Waals surface area (Å²) in [4.78, 5) is 45.1. The second-order valence-corrected chi connectivity index (χ2v) is 13.8. The summed E-state index contributed by atoms with van der Waals surface area (Å²) < 4.78 is 5.81. The number of aliphatic hydroxyl groups is 1. The normalized spacial score (nSPS) is 15.9. The molecule has 0 aliphatic carbocycles. The second-order valence-electron chi connectivity index (χ2n) is 13.8. The summed E-state index contributed by atoms with van der Waals surface area (Å²) in [5.74, 6) is 0.00505. The monoisotopic (exact) mass is 715 g/mol. The number of piperidine rings is 1. The summed E-state index contributed by atoms with van der Waals surface area (Å²) >= 11 is 0. The third-order valence-electron chi connectivity index (χ3n) is 10.2. The highest BCUT2D eigenvalue weighted by molar-refractivity contribution is 5.96. The van der Waals surface area contributed by atoms with E-state index in [1.54, 1.807) is 12.1 Å². The minimum Gasteiger partial charge on any atom is -0.506 e. The number of H-pyrrole nitrogens is 1. The van der Waals surface area contributed by atoms with E-state index >= 15 is 0 Å². The molecule has 2 aliphatic heterocycles. The Hall–Kier alpha value is -5.49. The number of amides is 2. The number of ether oxygens (including phenoxy) is 1. The molecule has 0 saturated carbocycles. The number of aliphatic hydroxyl groups excluding tert-OH is 1. The summed E-state index contributed by atoms with van der Waals surface area (Å²) in [5.41, 5.74) is 6.07. The summed E-state index contributed by atoms with van der Waals surface area (Å²) in [6.07, 6.45) is 1.71. The number of carbonyl (C=O) groups is 2. The highest BCUT2D eigenvalue weighted by Crippen LogP contribution is 2.30. The molecule has 2 amide bonds. The second kappa shape index (κ2) is 16.5. The molecule has 274 valence electrons. The number of aryl methyl sites for hydroxylation is 1. The number of hydrogen-bond acceptors (Lipinski definition) is 8. The molecule has 1 atom stereocenters. The Balaban J connectivity index is 0.864. The third-order valence-corrected chi connectivity index (χ3v) is 10.2. The van der Waals surface area contributed by atoms with Crippen molar-refractivity contribution >= 4 is 28.6 Å². The minimum absolute atomic E-state index is 0.0462. The lowest BCUT2D eigenvalue weighted by Gasteiger charge is -2.33. The molecule has 53 heavy (non-hydrogen) atoms. The zero-order valence-corrected chi connectivity index (χ0v) is 29.6. The Labute approximate surface area is 308 Å². The number of anilines is 1. The minimum atomic E-state index is -0.855. The number of pyridine rings is 1. The van der Waals surface area contributed by atoms with Crippen LogP contribution in [0.5, 0.6) is 5.75 Å². The summed E-state index contributed by atoms with van der Waals surface area (Å²) in [6, 6.07) is 29.7. The fourth-order valence-electron chi connectivity index (χ4n) is 7.40. The van der Waals surface area contributed by atoms with Gasteiger partial charge < -0.3 is 35.1 Å². The zero-order chi connectivity index (χ0) is 36.7. The van der Waals surface area contributed by atoms with Gasteiger partial charge in [0, 0.05) is 68.4 Å². The van der Waals surface area contributed by atoms with Crippen LogP contribution < -0.4 is 16.2 Å². The molecule has 0 bridgehead atoms. The molecule has 1 aromatic heterocycles. The van der Waals surface area contributed by atoms with Crippen molar-refractivity contribution in [1.82, 2.24) is 20.1 Å². The van der Waals surface area contributed by atoms with Gasteiger partial charge in [0.25, 0.3) is 5.91 Å². The Kier molecular flexibility index (Phi) is 11.1. The van der Waals surface area contributed by atoms with Crippen LogP contribution in [0.25, 0.3) is 22.0 Å². The van der Waals surface area contributed by atoms with Crippen LogP contribution in [-0.2, 0) is 17.7 Å². The molecular formula is C42H45N5O6. The number of para-hydroxylation sites is 1. The predicted molar refractivity (Wildman–Crippen MR) is 205 cm³/mol. The number of benzene rings is 4. The SMILES string of the molecule is O=C(Nc1ccccc1-c1ccccc1)OC1CCN(CCN2CCCc3cc(CNCC(O)c4ccc(O)c5[nH]c(=O)ccc45)ccc3C2=O)CC1. The first-order valence-corrected chi connectivity index (χ1v) is 18.3. The van der Waals surface area contributed by atoms with Crippen LogP contribution in [0.4, 0.5) is 10.5 Å². The van der Waals surface area contributed by atoms with Gasteiger partial charge >= 0.3 is 6.09 Å². The van der Waals surface area contributed by atoms with Crippen molar-refractivity contribution in [1.29, 1.82) is 0 Å². The number of nitrogens with one attached hydrogen (secondary N) is 3. The number of carbonyl (C=O) groups excluding carboxylic acids is 2. The Morgan fingerprint density at radius 2 is 1.68 bits per heavy atom. The zero-order valence-electron chi connectivity index (χ0n) is 29.6. The smallest absolute Gasteiger partial charge is 0.411 e. The first kappa shape index (κ1) is 35.9. The van der Waals surface area contributed by atoms with E-state index in [1.165, 1.54) is 12.1 Å². The van der Waals surface area contributed by atoms with Gasteiger partial charge in [-0.25, -0.2) is 4.79 Å². The molecule has 11 heteroatoms. The van der Waals surface area contributed by atoms with Gasteiger partial charge in [0.15, 0.2) is 0 Å². The Bertz CT molecular complexity index is 2130. The number of phenolic OH excluding ortho intramolecular Hbond substituents is 1. The molecule has 5 N–H and O–H groups in total. The van der Waals surface area contributed by atoms with Crippen LogP contribution in [0.3, 0.4) is 0 Å². The van der Waals surface area contributed by atoms with E-state index in [0.29, 0.717) is 36.1 Å². The molecule has 3 heterocycles. The van der Waals surface area contributed by atoms with Crippen molar-refractivity contribution in [2.24, 2.45) is 0 Å². The first-order chi connectivity index (χ1) is 25.8. The maximum absolute atomic E-state index is 13.6. The van der Waals surface area contributed by atoms with Gasteiger partial charge in [0.2, 0.25) is 5.56 Å². The fourth-order valence-corrected chi connectivity index (χ4v) is 7.40. The number of nitrogens with zero attached hydrogens (tertiary/aromatic N) is 2. The van der Waals surface area contributed by atoms with Gasteiger partial charge in [-0.15, -0.1) is 0 Å². The molecule has 1 fully saturated rings. The van der Waals surface area contributed by atoms with E-state index in [9.17, 15) is 24.6 Å². The van der Waals surface area contributed by atoms with E-state index in [4.69, 9.17) is 4.74 Å².